The molecule has 3 nitrogen and oxygen atoms in total. The van der Waals surface area contributed by atoms with Gasteiger partial charge in [0, 0.05) is 0 Å². The molecule has 0 aliphatic carbocycles. The predicted molar refractivity (Wildman–Crippen MR) is 46.9 cm³/mol. The van der Waals surface area contributed by atoms with Crippen molar-refractivity contribution in [3.8, 4) is 6.07 Å². The molecule has 1 heterocycles. The molecule has 0 aromatic carbocycles. The van der Waals surface area contributed by atoms with Crippen molar-refractivity contribution in [1.29, 1.82) is 5.26 Å². The smallest absolute Gasteiger partial charge is 0.124 e. The highest BCUT2D eigenvalue weighted by Crippen LogP contribution is 2.27. The van der Waals surface area contributed by atoms with Gasteiger partial charge in [-0.3, -0.25) is 0 Å². The third kappa shape index (κ3) is 1.95. The van der Waals surface area contributed by atoms with Gasteiger partial charge < -0.3 is 5.11 Å². The Morgan fingerprint density at radius 2 is 2.50 bits per heavy atom. The van der Waals surface area contributed by atoms with E-state index in [1.165, 1.54) is 17.5 Å². The SMILES string of the molecule is CC(C#N)C(O)c1ncc(Cl)s1. The molecule has 1 rings (SSSR count). The summed E-state index contributed by atoms with van der Waals surface area (Å²) in [6.07, 6.45) is 0.641. The van der Waals surface area contributed by atoms with Crippen LogP contribution in [0, 0.1) is 17.2 Å². The van der Waals surface area contributed by atoms with Gasteiger partial charge in [0.05, 0.1) is 18.2 Å². The Morgan fingerprint density at radius 3 is 2.92 bits per heavy atom. The van der Waals surface area contributed by atoms with Crippen molar-refractivity contribution in [3.63, 3.8) is 0 Å². The van der Waals surface area contributed by atoms with E-state index in [2.05, 4.69) is 4.98 Å². The van der Waals surface area contributed by atoms with Crippen LogP contribution >= 0.6 is 22.9 Å². The second-order valence-electron chi connectivity index (χ2n) is 2.37. The number of aliphatic hydroxyl groups is 1. The van der Waals surface area contributed by atoms with Crippen molar-refractivity contribution in [2.75, 3.05) is 0 Å². The molecule has 0 saturated heterocycles. The molecule has 2 unspecified atom stereocenters. The van der Waals surface area contributed by atoms with Gasteiger partial charge in [-0.1, -0.05) is 11.6 Å². The molecular weight excluding hydrogens is 196 g/mol. The van der Waals surface area contributed by atoms with Gasteiger partial charge in [0.2, 0.25) is 0 Å². The van der Waals surface area contributed by atoms with Crippen LogP contribution in [-0.4, -0.2) is 10.1 Å². The number of aliphatic hydroxyl groups excluding tert-OH is 1. The van der Waals surface area contributed by atoms with Crippen LogP contribution in [0.25, 0.3) is 0 Å². The zero-order valence-electron chi connectivity index (χ0n) is 6.36. The maximum Gasteiger partial charge on any atom is 0.124 e. The molecule has 0 radical (unpaired) electrons. The number of aromatic nitrogens is 1. The summed E-state index contributed by atoms with van der Waals surface area (Å²) in [7, 11) is 0. The molecule has 0 saturated carbocycles. The third-order valence-electron chi connectivity index (χ3n) is 1.43. The Balaban J connectivity index is 2.79. The van der Waals surface area contributed by atoms with E-state index in [0.29, 0.717) is 9.34 Å². The zero-order chi connectivity index (χ0) is 9.14. The van der Waals surface area contributed by atoms with Crippen LogP contribution in [0.1, 0.15) is 18.0 Å². The first-order valence-corrected chi connectivity index (χ1v) is 4.53. The Kier molecular flexibility index (Phi) is 3.04. The molecule has 1 aromatic rings. The number of nitriles is 1. The van der Waals surface area contributed by atoms with Crippen molar-refractivity contribution in [1.82, 2.24) is 4.98 Å². The summed E-state index contributed by atoms with van der Waals surface area (Å²) in [6.45, 7) is 1.64. The summed E-state index contributed by atoms with van der Waals surface area (Å²) in [4.78, 5) is 3.87. The minimum absolute atomic E-state index is 0.452. The molecule has 0 aliphatic rings. The lowest BCUT2D eigenvalue weighted by molar-refractivity contribution is 0.142. The van der Waals surface area contributed by atoms with E-state index in [1.54, 1.807) is 6.92 Å². The standard InChI is InChI=1S/C7H7ClN2OS/c1-4(2-9)6(11)7-10-3-5(8)12-7/h3-4,6,11H,1H3. The van der Waals surface area contributed by atoms with E-state index in [9.17, 15) is 5.11 Å². The van der Waals surface area contributed by atoms with Crippen LogP contribution in [-0.2, 0) is 0 Å². The van der Waals surface area contributed by atoms with Gasteiger partial charge in [-0.15, -0.1) is 11.3 Å². The highest BCUT2D eigenvalue weighted by Gasteiger charge is 2.18. The summed E-state index contributed by atoms with van der Waals surface area (Å²) >= 11 is 6.81. The molecule has 12 heavy (non-hydrogen) atoms. The molecule has 5 heteroatoms. The molecule has 64 valence electrons. The van der Waals surface area contributed by atoms with E-state index < -0.39 is 12.0 Å². The molecule has 1 aromatic heterocycles. The van der Waals surface area contributed by atoms with E-state index in [-0.39, 0.29) is 0 Å². The summed E-state index contributed by atoms with van der Waals surface area (Å²) in [5, 5.41) is 18.5. The van der Waals surface area contributed by atoms with Crippen LogP contribution in [0.3, 0.4) is 0 Å². The predicted octanol–water partition coefficient (Wildman–Crippen LogP) is 1.99. The first-order valence-electron chi connectivity index (χ1n) is 3.34. The molecule has 0 amide bonds. The maximum atomic E-state index is 9.47. The van der Waals surface area contributed by atoms with E-state index in [0.717, 1.165) is 0 Å². The summed E-state index contributed by atoms with van der Waals surface area (Å²) in [6, 6.07) is 1.95. The van der Waals surface area contributed by atoms with Crippen LogP contribution in [0.2, 0.25) is 4.34 Å². The summed E-state index contributed by atoms with van der Waals surface area (Å²) < 4.78 is 0.522. The highest BCUT2D eigenvalue weighted by molar-refractivity contribution is 7.15. The Hall–Kier alpha value is -0.630. The molecule has 0 fully saturated rings. The van der Waals surface area contributed by atoms with E-state index in [1.807, 2.05) is 6.07 Å². The normalized spacial score (nSPS) is 15.2. The number of halogens is 1. The minimum atomic E-state index is -0.826. The average molecular weight is 203 g/mol. The van der Waals surface area contributed by atoms with Crippen molar-refractivity contribution >= 4 is 22.9 Å². The average Bonchev–Trinajstić information content (AvgIpc) is 2.49. The third-order valence-corrected chi connectivity index (χ3v) is 2.61. The van der Waals surface area contributed by atoms with Crippen molar-refractivity contribution < 1.29 is 5.11 Å². The Labute approximate surface area is 79.2 Å². The van der Waals surface area contributed by atoms with Gasteiger partial charge >= 0.3 is 0 Å². The zero-order valence-corrected chi connectivity index (χ0v) is 7.93. The quantitative estimate of drug-likeness (QED) is 0.798. The molecule has 1 N–H and O–H groups in total. The first kappa shape index (κ1) is 9.46. The topological polar surface area (TPSA) is 56.9 Å². The second-order valence-corrected chi connectivity index (χ2v) is 4.06. The second kappa shape index (κ2) is 3.85. The van der Waals surface area contributed by atoms with Crippen molar-refractivity contribution in [2.45, 2.75) is 13.0 Å². The minimum Gasteiger partial charge on any atom is -0.385 e. The fourth-order valence-electron chi connectivity index (χ4n) is 0.688. The van der Waals surface area contributed by atoms with Crippen molar-refractivity contribution in [2.24, 2.45) is 5.92 Å². The van der Waals surface area contributed by atoms with Gasteiger partial charge in [-0.25, -0.2) is 4.98 Å². The lowest BCUT2D eigenvalue weighted by Crippen LogP contribution is -2.06. The molecule has 0 aliphatic heterocycles. The fraction of sp³-hybridized carbons (Fsp3) is 0.429. The van der Waals surface area contributed by atoms with Gasteiger partial charge in [-0.2, -0.15) is 5.26 Å². The molecule has 0 spiro atoms. The van der Waals surface area contributed by atoms with Crippen LogP contribution < -0.4 is 0 Å². The number of hydrogen-bond donors (Lipinski definition) is 1. The van der Waals surface area contributed by atoms with Crippen LogP contribution in [0.5, 0.6) is 0 Å². The highest BCUT2D eigenvalue weighted by atomic mass is 35.5. The summed E-state index contributed by atoms with van der Waals surface area (Å²) in [5.41, 5.74) is 0. The van der Waals surface area contributed by atoms with Crippen molar-refractivity contribution in [3.05, 3.63) is 15.5 Å². The number of nitrogens with zero attached hydrogens (tertiary/aromatic N) is 2. The van der Waals surface area contributed by atoms with Gasteiger partial charge in [0.25, 0.3) is 0 Å². The molecule has 2 atom stereocenters. The fourth-order valence-corrected chi connectivity index (χ4v) is 1.71. The largest absolute Gasteiger partial charge is 0.385 e. The van der Waals surface area contributed by atoms with Gasteiger partial charge in [0.15, 0.2) is 0 Å². The monoisotopic (exact) mass is 202 g/mol. The maximum absolute atomic E-state index is 9.47. The first-order chi connectivity index (χ1) is 5.65. The number of thiazole rings is 1. The van der Waals surface area contributed by atoms with E-state index in [4.69, 9.17) is 16.9 Å². The summed E-state index contributed by atoms with van der Waals surface area (Å²) in [5.74, 6) is -0.452. The lowest BCUT2D eigenvalue weighted by Gasteiger charge is -2.07. The Morgan fingerprint density at radius 1 is 1.83 bits per heavy atom. The van der Waals surface area contributed by atoms with Crippen LogP contribution in [0.4, 0.5) is 0 Å². The van der Waals surface area contributed by atoms with Gasteiger partial charge in [-0.05, 0) is 6.92 Å². The Bertz CT molecular complexity index is 307. The number of hydrogen-bond acceptors (Lipinski definition) is 4. The molecule has 0 bridgehead atoms. The van der Waals surface area contributed by atoms with Gasteiger partial charge in [0.1, 0.15) is 15.4 Å². The lowest BCUT2D eigenvalue weighted by atomic mass is 10.1. The van der Waals surface area contributed by atoms with Crippen LogP contribution in [0.15, 0.2) is 6.20 Å². The van der Waals surface area contributed by atoms with E-state index >= 15 is 0 Å². The number of rotatable bonds is 2. The molecular formula is C7H7ClN2OS.